The topological polar surface area (TPSA) is 167 Å². The van der Waals surface area contributed by atoms with Crippen LogP contribution in [0.2, 0.25) is 0 Å². The smallest absolute Gasteiger partial charge is 0.427 e. The Hall–Kier alpha value is -4.48. The first-order chi connectivity index (χ1) is 28.1. The summed E-state index contributed by atoms with van der Waals surface area (Å²) in [6.07, 6.45) is -0.116. The van der Waals surface area contributed by atoms with Crippen LogP contribution in [0.1, 0.15) is 85.5 Å². The summed E-state index contributed by atoms with van der Waals surface area (Å²) in [6.45, 7) is 3.75. The maximum absolute atomic E-state index is 14.9. The van der Waals surface area contributed by atoms with Crippen molar-refractivity contribution >= 4 is 44.4 Å². The Balaban J connectivity index is 1.37. The van der Waals surface area contributed by atoms with Crippen molar-refractivity contribution in [2.24, 2.45) is 29.1 Å². The fraction of sp³-hybridized carbons (Fsp3) is 0.643. The second kappa shape index (κ2) is 16.8. The molecule has 1 aromatic heterocycles. The number of methoxy groups -OCH3 is 2. The normalized spacial score (nSPS) is 29.0. The predicted octanol–water partition coefficient (Wildman–Crippen LogP) is 6.42. The van der Waals surface area contributed by atoms with Gasteiger partial charge in [-0.2, -0.15) is 13.2 Å². The molecule has 0 spiro atoms. The highest BCUT2D eigenvalue weighted by atomic mass is 32.2. The van der Waals surface area contributed by atoms with Gasteiger partial charge in [0.25, 0.3) is 0 Å². The van der Waals surface area contributed by atoms with Gasteiger partial charge in [-0.1, -0.05) is 26.0 Å². The van der Waals surface area contributed by atoms with E-state index in [1.165, 1.54) is 25.3 Å². The molecule has 330 valence electrons. The third kappa shape index (κ3) is 8.94. The molecule has 18 heteroatoms. The lowest BCUT2D eigenvalue weighted by Gasteiger charge is -2.33. The number of fused-ring (bicyclic) bond motifs is 3. The first-order valence-corrected chi connectivity index (χ1v) is 21.7. The van der Waals surface area contributed by atoms with Gasteiger partial charge >= 0.3 is 12.1 Å². The van der Waals surface area contributed by atoms with Gasteiger partial charge in [-0.05, 0) is 93.7 Å². The number of ketones is 1. The molecule has 13 nitrogen and oxygen atoms in total. The number of hydrogen-bond acceptors (Lipinski definition) is 11. The van der Waals surface area contributed by atoms with Gasteiger partial charge in [0.1, 0.15) is 17.5 Å². The number of esters is 1. The van der Waals surface area contributed by atoms with E-state index in [4.69, 9.17) is 18.9 Å². The molecule has 0 unspecified atom stereocenters. The zero-order valence-electron chi connectivity index (χ0n) is 34.6. The average Bonchev–Trinajstić information content (AvgIpc) is 4.08. The van der Waals surface area contributed by atoms with Crippen LogP contribution in [0.4, 0.5) is 17.6 Å². The maximum atomic E-state index is 14.9. The second-order valence-electron chi connectivity index (χ2n) is 17.5. The number of Topliss-reactive ketones (excluding diaryl/α,β-unsaturated/α-hetero) is 1. The number of alkyl halides is 4. The Morgan fingerprint density at radius 1 is 1.05 bits per heavy atom. The van der Waals surface area contributed by atoms with Gasteiger partial charge in [-0.15, -0.1) is 0 Å². The number of aromatic nitrogens is 1. The number of carbonyl (C=O) groups is 4. The molecule has 7 atom stereocenters. The van der Waals surface area contributed by atoms with Crippen LogP contribution in [-0.2, 0) is 33.9 Å². The molecule has 2 aliphatic carbocycles. The molecule has 3 fully saturated rings. The number of rotatable bonds is 11. The maximum Gasteiger partial charge on any atom is 0.427 e. The summed E-state index contributed by atoms with van der Waals surface area (Å²) >= 11 is 0. The number of nitrogens with one attached hydrogen (secondary N) is 1. The number of ether oxygens (including phenoxy) is 4. The fourth-order valence-electron chi connectivity index (χ4n) is 8.53. The van der Waals surface area contributed by atoms with E-state index in [-0.39, 0.29) is 44.0 Å². The van der Waals surface area contributed by atoms with Crippen LogP contribution in [0.3, 0.4) is 0 Å². The van der Waals surface area contributed by atoms with E-state index < -0.39 is 105 Å². The lowest BCUT2D eigenvalue weighted by atomic mass is 9.82. The van der Waals surface area contributed by atoms with Gasteiger partial charge in [-0.3, -0.25) is 23.9 Å². The van der Waals surface area contributed by atoms with Crippen LogP contribution in [0, 0.1) is 29.1 Å². The van der Waals surface area contributed by atoms with Gasteiger partial charge in [-0.25, -0.2) is 17.8 Å². The molecule has 2 aliphatic heterocycles. The number of halogens is 4. The molecule has 0 radical (unpaired) electrons. The summed E-state index contributed by atoms with van der Waals surface area (Å²) in [5, 5.41) is 1.20. The molecule has 3 heterocycles. The number of carbonyl (C=O) groups excluding carboxylic acids is 4. The Bertz CT molecular complexity index is 2140. The lowest BCUT2D eigenvalue weighted by molar-refractivity contribution is -0.257. The SMILES string of the molecule is COc1cc2ccnc(O[C@@H]3C[C@H]4C(=O)C[C@]5(C(=O)NS(=O)(=O)C6(CF)CC6)C[C@H]5/C=C\CC[C@@H](C)C[C@@H](C)[C@H](CC(=O)OC(C)(C)C(F)(F)F)C(=O)N4C3)c2cc1OC. The van der Waals surface area contributed by atoms with E-state index in [1.54, 1.807) is 31.2 Å². The van der Waals surface area contributed by atoms with Crippen LogP contribution in [0.25, 0.3) is 10.8 Å². The Labute approximate surface area is 346 Å². The van der Waals surface area contributed by atoms with E-state index in [0.717, 1.165) is 13.8 Å². The Morgan fingerprint density at radius 3 is 2.37 bits per heavy atom. The molecule has 4 aliphatic rings. The zero-order chi connectivity index (χ0) is 44.0. The highest BCUT2D eigenvalue weighted by Gasteiger charge is 2.63. The van der Waals surface area contributed by atoms with Crippen molar-refractivity contribution < 1.29 is 64.1 Å². The summed E-state index contributed by atoms with van der Waals surface area (Å²) in [6, 6.07) is 3.87. The number of hydrogen-bond donors (Lipinski definition) is 1. The molecule has 1 saturated heterocycles. The Kier molecular flexibility index (Phi) is 12.6. The van der Waals surface area contributed by atoms with Crippen molar-refractivity contribution in [1.82, 2.24) is 14.6 Å². The van der Waals surface area contributed by atoms with Gasteiger partial charge in [0.05, 0.1) is 44.6 Å². The molecule has 1 N–H and O–H groups in total. The molecule has 2 amide bonds. The number of benzene rings is 1. The minimum absolute atomic E-state index is 0.0271. The Morgan fingerprint density at radius 2 is 1.73 bits per heavy atom. The summed E-state index contributed by atoms with van der Waals surface area (Å²) in [4.78, 5) is 62.5. The summed E-state index contributed by atoms with van der Waals surface area (Å²) in [5.41, 5.74) is -4.36. The molecule has 6 rings (SSSR count). The summed E-state index contributed by atoms with van der Waals surface area (Å²) in [7, 11) is -1.47. The van der Waals surface area contributed by atoms with Gasteiger partial charge in [0, 0.05) is 24.4 Å². The van der Waals surface area contributed by atoms with Gasteiger partial charge in [0.2, 0.25) is 33.3 Å². The van der Waals surface area contributed by atoms with Gasteiger partial charge in [0.15, 0.2) is 17.3 Å². The minimum Gasteiger partial charge on any atom is -0.493 e. The van der Waals surface area contributed by atoms with Crippen LogP contribution in [-0.4, -0.2) is 98.0 Å². The van der Waals surface area contributed by atoms with E-state index in [0.29, 0.717) is 41.5 Å². The average molecular weight is 868 g/mol. The lowest BCUT2D eigenvalue weighted by Crippen LogP contribution is -2.49. The molecular weight excluding hydrogens is 815 g/mol. The standard InChI is InChI=1S/C42H53F4N3O10S/c1-24-9-7-8-10-27-20-41(27,38(53)48-60(54,55)40(23-43)12-13-40)21-32(50)31-17-28(58-36-30-18-34(57-6)33(56-5)16-26(30)11-14-47-36)22-49(31)37(52)29(25(2)15-24)19-35(51)59-39(3,4)42(44,45)46/h8,10-11,14,16,18,24-25,27-29,31H,7,9,12-13,15,17,19-23H2,1-6H3,(H,48,53)/b10-8-/t24-,25-,27-,28-,29+,31+,41-/m1/s1. The number of amides is 2. The molecular formula is C42H53F4N3O10S. The molecule has 2 saturated carbocycles. The zero-order valence-corrected chi connectivity index (χ0v) is 35.4. The van der Waals surface area contributed by atoms with Crippen LogP contribution in [0.15, 0.2) is 36.5 Å². The largest absolute Gasteiger partial charge is 0.493 e. The third-order valence-electron chi connectivity index (χ3n) is 12.8. The summed E-state index contributed by atoms with van der Waals surface area (Å²) < 4.78 is 104. The molecule has 0 bridgehead atoms. The van der Waals surface area contributed by atoms with Crippen molar-refractivity contribution in [3.05, 3.63) is 36.5 Å². The molecule has 60 heavy (non-hydrogen) atoms. The first kappa shape index (κ1) is 45.1. The van der Waals surface area contributed by atoms with Crippen molar-refractivity contribution in [2.45, 2.75) is 114 Å². The fourth-order valence-corrected chi connectivity index (χ4v) is 9.97. The summed E-state index contributed by atoms with van der Waals surface area (Å²) in [5.74, 6) is -4.78. The quantitative estimate of drug-likeness (QED) is 0.151. The highest BCUT2D eigenvalue weighted by molar-refractivity contribution is 7.91. The van der Waals surface area contributed by atoms with E-state index in [2.05, 4.69) is 9.71 Å². The van der Waals surface area contributed by atoms with Gasteiger partial charge < -0.3 is 23.8 Å². The van der Waals surface area contributed by atoms with E-state index >= 15 is 0 Å². The first-order valence-electron chi connectivity index (χ1n) is 20.2. The van der Waals surface area contributed by atoms with Crippen LogP contribution >= 0.6 is 0 Å². The van der Waals surface area contributed by atoms with E-state index in [9.17, 15) is 45.2 Å². The molecule has 2 aromatic rings. The van der Waals surface area contributed by atoms with Crippen molar-refractivity contribution in [3.63, 3.8) is 0 Å². The van der Waals surface area contributed by atoms with Crippen LogP contribution < -0.4 is 18.9 Å². The molecule has 1 aromatic carbocycles. The number of sulfonamides is 1. The van der Waals surface area contributed by atoms with Crippen LogP contribution in [0.5, 0.6) is 17.4 Å². The van der Waals surface area contributed by atoms with Crippen molar-refractivity contribution in [3.8, 4) is 17.4 Å². The third-order valence-corrected chi connectivity index (χ3v) is 14.9. The minimum atomic E-state index is -4.89. The number of nitrogens with zero attached hydrogens (tertiary/aromatic N) is 2. The predicted molar refractivity (Wildman–Crippen MR) is 210 cm³/mol. The monoisotopic (exact) mass is 867 g/mol. The number of pyridine rings is 1. The van der Waals surface area contributed by atoms with E-state index in [1.807, 2.05) is 13.0 Å². The second-order valence-corrected chi connectivity index (χ2v) is 19.6. The van der Waals surface area contributed by atoms with Crippen molar-refractivity contribution in [2.75, 3.05) is 27.4 Å². The number of allylic oxidation sites excluding steroid dienone is 2. The highest BCUT2D eigenvalue weighted by Crippen LogP contribution is 2.58. The van der Waals surface area contributed by atoms with Crippen molar-refractivity contribution in [1.29, 1.82) is 0 Å².